The first kappa shape index (κ1) is 26.4. The molecule has 0 spiro atoms. The van der Waals surface area contributed by atoms with Crippen LogP contribution in [0.15, 0.2) is 72.8 Å². The molecular formula is C30H33NO6. The quantitative estimate of drug-likeness (QED) is 0.375. The average molecular weight is 504 g/mol. The molecule has 37 heavy (non-hydrogen) atoms. The molecule has 7 heteroatoms. The van der Waals surface area contributed by atoms with Gasteiger partial charge in [-0.2, -0.15) is 0 Å². The van der Waals surface area contributed by atoms with Crippen LogP contribution in [0.2, 0.25) is 0 Å². The van der Waals surface area contributed by atoms with E-state index in [2.05, 4.69) is 29.6 Å². The van der Waals surface area contributed by atoms with Gasteiger partial charge in [0.25, 0.3) is 0 Å². The van der Waals surface area contributed by atoms with E-state index in [1.54, 1.807) is 45.0 Å². The molecule has 2 unspecified atom stereocenters. The predicted molar refractivity (Wildman–Crippen MR) is 140 cm³/mol. The van der Waals surface area contributed by atoms with Crippen molar-refractivity contribution in [2.45, 2.75) is 50.9 Å². The van der Waals surface area contributed by atoms with E-state index in [1.807, 2.05) is 24.3 Å². The molecule has 0 radical (unpaired) electrons. The number of rotatable bonds is 8. The minimum absolute atomic E-state index is 0.0331. The van der Waals surface area contributed by atoms with E-state index in [9.17, 15) is 19.8 Å². The summed E-state index contributed by atoms with van der Waals surface area (Å²) in [6.45, 7) is 5.70. The van der Waals surface area contributed by atoms with Gasteiger partial charge in [0.15, 0.2) is 0 Å². The highest BCUT2D eigenvalue weighted by atomic mass is 16.6. The Balaban J connectivity index is 1.24. The molecule has 1 aliphatic carbocycles. The molecule has 0 saturated carbocycles. The van der Waals surface area contributed by atoms with Gasteiger partial charge in [0.05, 0.1) is 11.7 Å². The van der Waals surface area contributed by atoms with Gasteiger partial charge in [0, 0.05) is 12.5 Å². The summed E-state index contributed by atoms with van der Waals surface area (Å²) in [5, 5.41) is 23.5. The lowest BCUT2D eigenvalue weighted by molar-refractivity contribution is 0.00683. The number of alkyl carbamates (subject to hydrolysis) is 1. The molecule has 1 amide bonds. The van der Waals surface area contributed by atoms with Gasteiger partial charge in [-0.1, -0.05) is 60.7 Å². The molecule has 0 aromatic heterocycles. The number of ether oxygens (including phenoxy) is 2. The third-order valence-corrected chi connectivity index (χ3v) is 6.30. The second kappa shape index (κ2) is 11.2. The maximum absolute atomic E-state index is 12.3. The SMILES string of the molecule is CC(C)(C)OC(=O)c1ccc(C(O)C(O)CCNC(=O)OCC2c3ccccc3-c3ccccc32)cc1. The molecule has 0 saturated heterocycles. The first-order valence-electron chi connectivity index (χ1n) is 12.4. The lowest BCUT2D eigenvalue weighted by Crippen LogP contribution is -2.30. The first-order valence-corrected chi connectivity index (χ1v) is 12.4. The van der Waals surface area contributed by atoms with E-state index < -0.39 is 29.9 Å². The molecule has 3 aromatic rings. The number of carbonyl (C=O) groups is 2. The molecule has 7 nitrogen and oxygen atoms in total. The van der Waals surface area contributed by atoms with E-state index in [1.165, 1.54) is 0 Å². The number of benzene rings is 3. The van der Waals surface area contributed by atoms with Crippen LogP contribution in [0.4, 0.5) is 4.79 Å². The van der Waals surface area contributed by atoms with Gasteiger partial charge >= 0.3 is 12.1 Å². The number of aliphatic hydroxyl groups is 2. The molecule has 0 aliphatic heterocycles. The van der Waals surface area contributed by atoms with Crippen LogP contribution in [0, 0.1) is 0 Å². The summed E-state index contributed by atoms with van der Waals surface area (Å²) in [5.74, 6) is -0.490. The first-order chi connectivity index (χ1) is 17.6. The fourth-order valence-corrected chi connectivity index (χ4v) is 4.50. The highest BCUT2D eigenvalue weighted by Gasteiger charge is 2.29. The third-order valence-electron chi connectivity index (χ3n) is 6.30. The summed E-state index contributed by atoms with van der Waals surface area (Å²) in [4.78, 5) is 24.5. The highest BCUT2D eigenvalue weighted by molar-refractivity contribution is 5.89. The Morgan fingerprint density at radius 3 is 2.03 bits per heavy atom. The minimum Gasteiger partial charge on any atom is -0.456 e. The fraction of sp³-hybridized carbons (Fsp3) is 0.333. The van der Waals surface area contributed by atoms with Gasteiger partial charge in [-0.05, 0) is 67.1 Å². The van der Waals surface area contributed by atoms with Crippen LogP contribution >= 0.6 is 0 Å². The molecule has 3 aromatic carbocycles. The van der Waals surface area contributed by atoms with Crippen molar-refractivity contribution in [3.05, 3.63) is 95.1 Å². The second-order valence-corrected chi connectivity index (χ2v) is 10.2. The lowest BCUT2D eigenvalue weighted by Gasteiger charge is -2.20. The molecule has 0 heterocycles. The monoisotopic (exact) mass is 503 g/mol. The van der Waals surface area contributed by atoms with Crippen molar-refractivity contribution in [3.63, 3.8) is 0 Å². The van der Waals surface area contributed by atoms with Crippen LogP contribution in [-0.2, 0) is 9.47 Å². The Morgan fingerprint density at radius 1 is 0.892 bits per heavy atom. The summed E-state index contributed by atoms with van der Waals surface area (Å²) in [5.41, 5.74) is 4.79. The van der Waals surface area contributed by atoms with Gasteiger partial charge in [0.1, 0.15) is 18.3 Å². The normalized spacial score (nSPS) is 14.3. The van der Waals surface area contributed by atoms with Crippen LogP contribution in [0.3, 0.4) is 0 Å². The minimum atomic E-state index is -1.17. The van der Waals surface area contributed by atoms with Gasteiger partial charge in [-0.25, -0.2) is 9.59 Å². The van der Waals surface area contributed by atoms with Crippen molar-refractivity contribution in [1.82, 2.24) is 5.32 Å². The van der Waals surface area contributed by atoms with E-state index in [-0.39, 0.29) is 25.5 Å². The summed E-state index contributed by atoms with van der Waals surface area (Å²) in [6.07, 6.45) is -2.73. The van der Waals surface area contributed by atoms with E-state index in [0.29, 0.717) is 11.1 Å². The van der Waals surface area contributed by atoms with Crippen molar-refractivity contribution < 1.29 is 29.3 Å². The lowest BCUT2D eigenvalue weighted by atomic mass is 9.98. The summed E-state index contributed by atoms with van der Waals surface area (Å²) in [6, 6.07) is 22.5. The van der Waals surface area contributed by atoms with Crippen LogP contribution < -0.4 is 5.32 Å². The van der Waals surface area contributed by atoms with Gasteiger partial charge in [0.2, 0.25) is 0 Å². The fourth-order valence-electron chi connectivity index (χ4n) is 4.50. The summed E-state index contributed by atoms with van der Waals surface area (Å²) in [7, 11) is 0. The zero-order valence-electron chi connectivity index (χ0n) is 21.3. The van der Waals surface area contributed by atoms with E-state index in [0.717, 1.165) is 22.3 Å². The van der Waals surface area contributed by atoms with Crippen molar-refractivity contribution in [2.24, 2.45) is 0 Å². The number of fused-ring (bicyclic) bond motifs is 3. The van der Waals surface area contributed by atoms with Crippen molar-refractivity contribution >= 4 is 12.1 Å². The molecule has 0 fully saturated rings. The number of carbonyl (C=O) groups excluding carboxylic acids is 2. The Hall–Kier alpha value is -3.68. The van der Waals surface area contributed by atoms with Crippen LogP contribution in [0.1, 0.15) is 66.3 Å². The molecule has 2 atom stereocenters. The Labute approximate surface area is 217 Å². The largest absolute Gasteiger partial charge is 0.456 e. The zero-order chi connectivity index (χ0) is 26.6. The number of hydrogen-bond donors (Lipinski definition) is 3. The van der Waals surface area contributed by atoms with E-state index >= 15 is 0 Å². The maximum Gasteiger partial charge on any atom is 0.407 e. The molecule has 194 valence electrons. The second-order valence-electron chi connectivity index (χ2n) is 10.2. The van der Waals surface area contributed by atoms with Crippen molar-refractivity contribution in [1.29, 1.82) is 0 Å². The molecule has 1 aliphatic rings. The van der Waals surface area contributed by atoms with Crippen LogP contribution in [0.5, 0.6) is 0 Å². The number of nitrogens with one attached hydrogen (secondary N) is 1. The standard InChI is InChI=1S/C30H33NO6/c1-30(2,3)37-28(34)20-14-12-19(13-15-20)27(33)26(32)16-17-31-29(35)36-18-25-23-10-6-4-8-21(23)22-9-5-7-11-24(22)25/h4-15,25-27,32-33H,16-18H2,1-3H3,(H,31,35). The van der Waals surface area contributed by atoms with Gasteiger partial charge in [-0.15, -0.1) is 0 Å². The third kappa shape index (κ3) is 6.37. The average Bonchev–Trinajstić information content (AvgIpc) is 3.19. The smallest absolute Gasteiger partial charge is 0.407 e. The number of esters is 1. The molecule has 4 rings (SSSR count). The zero-order valence-corrected chi connectivity index (χ0v) is 21.3. The number of aliphatic hydroxyl groups excluding tert-OH is 2. The van der Waals surface area contributed by atoms with Crippen LogP contribution in [-0.4, -0.2) is 47.1 Å². The topological polar surface area (TPSA) is 105 Å². The van der Waals surface area contributed by atoms with E-state index in [4.69, 9.17) is 9.47 Å². The highest BCUT2D eigenvalue weighted by Crippen LogP contribution is 2.44. The number of amides is 1. The Bertz CT molecular complexity index is 1200. The Kier molecular flexibility index (Phi) is 7.95. The molecule has 0 bridgehead atoms. The molecular weight excluding hydrogens is 470 g/mol. The summed E-state index contributed by atoms with van der Waals surface area (Å²) >= 11 is 0. The van der Waals surface area contributed by atoms with Crippen LogP contribution in [0.25, 0.3) is 11.1 Å². The molecule has 3 N–H and O–H groups in total. The van der Waals surface area contributed by atoms with Gasteiger partial charge < -0.3 is 25.0 Å². The van der Waals surface area contributed by atoms with Gasteiger partial charge in [-0.3, -0.25) is 0 Å². The van der Waals surface area contributed by atoms with Crippen molar-refractivity contribution in [2.75, 3.05) is 13.2 Å². The Morgan fingerprint density at radius 2 is 1.46 bits per heavy atom. The number of hydrogen-bond acceptors (Lipinski definition) is 6. The predicted octanol–water partition coefficient (Wildman–Crippen LogP) is 4.97. The summed E-state index contributed by atoms with van der Waals surface area (Å²) < 4.78 is 10.8. The maximum atomic E-state index is 12.3. The van der Waals surface area contributed by atoms with Crippen molar-refractivity contribution in [3.8, 4) is 11.1 Å².